The molecular formula is C18H16F3N3O. The number of nitrogens with one attached hydrogen (secondary N) is 1. The van der Waals surface area contributed by atoms with E-state index in [-0.39, 0.29) is 11.4 Å². The number of rotatable bonds is 5. The molecule has 1 amide bonds. The second kappa shape index (κ2) is 7.65. The second-order valence-electron chi connectivity index (χ2n) is 5.20. The van der Waals surface area contributed by atoms with Crippen molar-refractivity contribution in [2.24, 2.45) is 0 Å². The van der Waals surface area contributed by atoms with E-state index in [1.165, 1.54) is 13.0 Å². The number of hydrogen-bond donors (Lipinski definition) is 2. The number of nitrogen functional groups attached to an aromatic ring is 1. The van der Waals surface area contributed by atoms with Crippen molar-refractivity contribution in [1.82, 2.24) is 4.98 Å². The van der Waals surface area contributed by atoms with Gasteiger partial charge in [-0.15, -0.1) is 0 Å². The number of carbonyl (C=O) groups is 1. The smallest absolute Gasteiger partial charge is 0.268 e. The van der Waals surface area contributed by atoms with Crippen LogP contribution in [0.5, 0.6) is 0 Å². The second-order valence-corrected chi connectivity index (χ2v) is 5.20. The molecule has 4 nitrogen and oxygen atoms in total. The maximum Gasteiger partial charge on any atom is 0.268 e. The maximum atomic E-state index is 13.6. The number of alkyl halides is 2. The van der Waals surface area contributed by atoms with Crippen molar-refractivity contribution < 1.29 is 18.0 Å². The van der Waals surface area contributed by atoms with Crippen LogP contribution in [0.25, 0.3) is 12.2 Å². The van der Waals surface area contributed by atoms with Crippen LogP contribution in [0.4, 0.5) is 24.5 Å². The Morgan fingerprint density at radius 3 is 2.72 bits per heavy atom. The molecule has 0 spiro atoms. The summed E-state index contributed by atoms with van der Waals surface area (Å²) in [7, 11) is 0. The van der Waals surface area contributed by atoms with Crippen LogP contribution in [0.3, 0.4) is 0 Å². The van der Waals surface area contributed by atoms with E-state index in [9.17, 15) is 18.0 Å². The molecule has 0 aliphatic heterocycles. The van der Waals surface area contributed by atoms with Crippen LogP contribution in [0.1, 0.15) is 28.8 Å². The maximum absolute atomic E-state index is 13.6. The summed E-state index contributed by atoms with van der Waals surface area (Å²) in [6, 6.07) is 5.09. The Labute approximate surface area is 142 Å². The van der Waals surface area contributed by atoms with E-state index >= 15 is 0 Å². The number of aryl methyl sites for hydroxylation is 1. The minimum Gasteiger partial charge on any atom is -0.398 e. The van der Waals surface area contributed by atoms with Gasteiger partial charge in [-0.25, -0.2) is 13.2 Å². The lowest BCUT2D eigenvalue weighted by molar-refractivity contribution is -0.111. The number of nitrogens with two attached hydrogens (primary N) is 1. The minimum atomic E-state index is -3.08. The Morgan fingerprint density at radius 2 is 2.12 bits per heavy atom. The zero-order chi connectivity index (χ0) is 18.6. The van der Waals surface area contributed by atoms with Gasteiger partial charge in [0.1, 0.15) is 0 Å². The number of benzene rings is 1. The molecule has 0 atom stereocenters. The average molecular weight is 347 g/mol. The summed E-state index contributed by atoms with van der Waals surface area (Å²) in [4.78, 5) is 15.6. The minimum absolute atomic E-state index is 0.0954. The number of halogens is 3. The molecule has 1 heterocycles. The van der Waals surface area contributed by atoms with Gasteiger partial charge < -0.3 is 11.1 Å². The van der Waals surface area contributed by atoms with Crippen LogP contribution in [0.2, 0.25) is 0 Å². The molecule has 3 N–H and O–H groups in total. The molecule has 2 aromatic rings. The molecule has 1 aromatic carbocycles. The Morgan fingerprint density at radius 1 is 1.40 bits per heavy atom. The summed E-state index contributed by atoms with van der Waals surface area (Å²) in [6.07, 6.45) is 1.82. The highest BCUT2D eigenvalue weighted by Crippen LogP contribution is 2.31. The van der Waals surface area contributed by atoms with E-state index in [0.29, 0.717) is 17.4 Å². The molecule has 0 aliphatic carbocycles. The summed E-state index contributed by atoms with van der Waals surface area (Å²) in [6.45, 7) is 5.02. The van der Waals surface area contributed by atoms with Crippen molar-refractivity contribution in [2.45, 2.75) is 13.3 Å². The van der Waals surface area contributed by atoms with Crippen molar-refractivity contribution in [1.29, 1.82) is 0 Å². The number of anilines is 2. The van der Waals surface area contributed by atoms with E-state index in [2.05, 4.69) is 16.9 Å². The van der Waals surface area contributed by atoms with Crippen molar-refractivity contribution in [3.05, 3.63) is 65.3 Å². The van der Waals surface area contributed by atoms with Gasteiger partial charge in [-0.1, -0.05) is 24.8 Å². The standard InChI is InChI=1S/C18H16F3N3O/c1-3-12-6-4-11(8-14(12)22)5-7-15(25)24-17-10(2)23-9-13(19)16(17)18(20)21/h3-9,18H,1,22H2,2H3,(H,24,25)/b7-5+. The van der Waals surface area contributed by atoms with Crippen molar-refractivity contribution in [2.75, 3.05) is 11.1 Å². The SMILES string of the molecule is C=Cc1ccc(/C=C/C(=O)Nc2c(C)ncc(F)c2C(F)F)cc1N. The number of carbonyl (C=O) groups excluding carboxylic acids is 1. The fraction of sp³-hybridized carbons (Fsp3) is 0.111. The molecule has 0 radical (unpaired) electrons. The highest BCUT2D eigenvalue weighted by molar-refractivity contribution is 6.02. The van der Waals surface area contributed by atoms with Gasteiger partial charge >= 0.3 is 0 Å². The molecule has 130 valence electrons. The molecule has 0 unspecified atom stereocenters. The van der Waals surface area contributed by atoms with Crippen LogP contribution < -0.4 is 11.1 Å². The predicted molar refractivity (Wildman–Crippen MR) is 92.5 cm³/mol. The van der Waals surface area contributed by atoms with Crippen molar-refractivity contribution >= 4 is 29.4 Å². The Kier molecular flexibility index (Phi) is 5.59. The third-order valence-electron chi connectivity index (χ3n) is 3.48. The lowest BCUT2D eigenvalue weighted by Gasteiger charge is -2.12. The fourth-order valence-corrected chi connectivity index (χ4v) is 2.19. The van der Waals surface area contributed by atoms with E-state index in [1.807, 2.05) is 0 Å². The van der Waals surface area contributed by atoms with E-state index in [0.717, 1.165) is 11.6 Å². The Balaban J connectivity index is 2.22. The molecule has 25 heavy (non-hydrogen) atoms. The highest BCUT2D eigenvalue weighted by Gasteiger charge is 2.22. The zero-order valence-electron chi connectivity index (χ0n) is 13.4. The van der Waals surface area contributed by atoms with Gasteiger partial charge in [0, 0.05) is 11.8 Å². The molecule has 2 rings (SSSR count). The molecule has 1 aromatic heterocycles. The predicted octanol–water partition coefficient (Wildman–Crippen LogP) is 4.34. The first-order valence-electron chi connectivity index (χ1n) is 7.27. The first-order chi connectivity index (χ1) is 11.8. The highest BCUT2D eigenvalue weighted by atomic mass is 19.3. The molecule has 7 heteroatoms. The lowest BCUT2D eigenvalue weighted by Crippen LogP contribution is -2.13. The normalized spacial score (nSPS) is 11.1. The average Bonchev–Trinajstić information content (AvgIpc) is 2.56. The first-order valence-corrected chi connectivity index (χ1v) is 7.27. The van der Waals surface area contributed by atoms with Crippen LogP contribution in [-0.4, -0.2) is 10.9 Å². The Hall–Kier alpha value is -3.09. The molecule has 0 saturated heterocycles. The van der Waals surface area contributed by atoms with E-state index in [1.54, 1.807) is 24.3 Å². The van der Waals surface area contributed by atoms with Gasteiger partial charge in [0.2, 0.25) is 5.91 Å². The van der Waals surface area contributed by atoms with Crippen molar-refractivity contribution in [3.8, 4) is 0 Å². The van der Waals surface area contributed by atoms with Gasteiger partial charge in [0.05, 0.1) is 23.1 Å². The number of aromatic nitrogens is 1. The number of nitrogens with zero attached hydrogens (tertiary/aromatic N) is 1. The van der Waals surface area contributed by atoms with E-state index < -0.39 is 23.7 Å². The summed E-state index contributed by atoms with van der Waals surface area (Å²) < 4.78 is 39.6. The topological polar surface area (TPSA) is 68.0 Å². The van der Waals surface area contributed by atoms with Gasteiger partial charge in [-0.3, -0.25) is 9.78 Å². The largest absolute Gasteiger partial charge is 0.398 e. The van der Waals surface area contributed by atoms with Crippen LogP contribution >= 0.6 is 0 Å². The van der Waals surface area contributed by atoms with Crippen LogP contribution in [0.15, 0.2) is 37.1 Å². The number of hydrogen-bond acceptors (Lipinski definition) is 3. The monoisotopic (exact) mass is 347 g/mol. The summed E-state index contributed by atoms with van der Waals surface area (Å²) in [5.74, 6) is -1.86. The third-order valence-corrected chi connectivity index (χ3v) is 3.48. The quantitative estimate of drug-likeness (QED) is 0.624. The number of amides is 1. The summed E-state index contributed by atoms with van der Waals surface area (Å²) in [5, 5.41) is 2.25. The molecule has 0 fully saturated rings. The summed E-state index contributed by atoms with van der Waals surface area (Å²) >= 11 is 0. The fourth-order valence-electron chi connectivity index (χ4n) is 2.19. The first kappa shape index (κ1) is 18.3. The molecular weight excluding hydrogens is 331 g/mol. The molecule has 0 bridgehead atoms. The molecule has 0 aliphatic rings. The van der Waals surface area contributed by atoms with Gasteiger partial charge in [0.15, 0.2) is 5.82 Å². The van der Waals surface area contributed by atoms with Crippen LogP contribution in [0, 0.1) is 12.7 Å². The third kappa shape index (κ3) is 4.26. The Bertz CT molecular complexity index is 848. The summed E-state index contributed by atoms with van der Waals surface area (Å²) in [5.41, 5.74) is 6.58. The van der Waals surface area contributed by atoms with Gasteiger partial charge in [-0.2, -0.15) is 0 Å². The van der Waals surface area contributed by atoms with Gasteiger partial charge in [-0.05, 0) is 30.2 Å². The number of pyridine rings is 1. The van der Waals surface area contributed by atoms with Crippen molar-refractivity contribution in [3.63, 3.8) is 0 Å². The lowest BCUT2D eigenvalue weighted by atomic mass is 10.1. The van der Waals surface area contributed by atoms with E-state index in [4.69, 9.17) is 5.73 Å². The van der Waals surface area contributed by atoms with Gasteiger partial charge in [0.25, 0.3) is 6.43 Å². The molecule has 0 saturated carbocycles. The zero-order valence-corrected chi connectivity index (χ0v) is 13.4. The van der Waals surface area contributed by atoms with Crippen LogP contribution in [-0.2, 0) is 4.79 Å².